The van der Waals surface area contributed by atoms with E-state index in [9.17, 15) is 19.2 Å². The lowest BCUT2D eigenvalue weighted by atomic mass is 10.2. The van der Waals surface area contributed by atoms with Crippen molar-refractivity contribution in [1.82, 2.24) is 4.90 Å². The molecule has 0 aliphatic carbocycles. The zero-order valence-corrected chi connectivity index (χ0v) is 19.3. The second-order valence-corrected chi connectivity index (χ2v) is 8.24. The first-order chi connectivity index (χ1) is 15.8. The molecule has 1 heterocycles. The van der Waals surface area contributed by atoms with Crippen molar-refractivity contribution in [2.75, 3.05) is 18.5 Å². The summed E-state index contributed by atoms with van der Waals surface area (Å²) in [5.74, 6) is -0.977. The van der Waals surface area contributed by atoms with E-state index < -0.39 is 23.2 Å². The lowest BCUT2D eigenvalue weighted by molar-refractivity contribution is -0.150. The van der Waals surface area contributed by atoms with Crippen LogP contribution >= 0.6 is 11.8 Å². The molecular weight excluding hydrogens is 444 g/mol. The number of esters is 1. The van der Waals surface area contributed by atoms with Crippen molar-refractivity contribution in [3.63, 3.8) is 0 Å². The van der Waals surface area contributed by atoms with Crippen LogP contribution in [0.5, 0.6) is 5.75 Å². The fourth-order valence-electron chi connectivity index (χ4n) is 2.98. The minimum absolute atomic E-state index is 0.155. The summed E-state index contributed by atoms with van der Waals surface area (Å²) in [7, 11) is 0. The number of hydrogen-bond acceptors (Lipinski definition) is 7. The summed E-state index contributed by atoms with van der Waals surface area (Å²) >= 11 is 0.767. The number of anilines is 1. The Balaban J connectivity index is 1.58. The minimum atomic E-state index is -0.995. The van der Waals surface area contributed by atoms with E-state index in [2.05, 4.69) is 5.32 Å². The van der Waals surface area contributed by atoms with Gasteiger partial charge in [-0.15, -0.1) is 0 Å². The number of nitrogens with zero attached hydrogens (tertiary/aromatic N) is 1. The summed E-state index contributed by atoms with van der Waals surface area (Å²) in [4.78, 5) is 49.9. The van der Waals surface area contributed by atoms with Crippen LogP contribution in [0.1, 0.15) is 25.0 Å². The first-order valence-corrected chi connectivity index (χ1v) is 11.1. The quantitative estimate of drug-likeness (QED) is 0.461. The fraction of sp³-hybridized carbons (Fsp3) is 0.250. The molecule has 3 rings (SSSR count). The smallest absolute Gasteiger partial charge is 0.329 e. The zero-order chi connectivity index (χ0) is 24.0. The number of thioether (sulfide) groups is 1. The highest BCUT2D eigenvalue weighted by Crippen LogP contribution is 2.34. The SMILES string of the molecule is CCOC(=O)C(C)N1C(=O)S/C(=C\c2ccc(OCC(=O)Nc3ccc(C)cc3)cc2)C1=O. The lowest BCUT2D eigenvalue weighted by Crippen LogP contribution is -2.42. The number of ether oxygens (including phenoxy) is 2. The molecule has 2 aromatic carbocycles. The molecule has 1 aliphatic heterocycles. The number of aryl methyl sites for hydroxylation is 1. The maximum absolute atomic E-state index is 12.6. The highest BCUT2D eigenvalue weighted by molar-refractivity contribution is 8.18. The molecule has 1 unspecified atom stereocenters. The third-order valence-corrected chi connectivity index (χ3v) is 5.61. The van der Waals surface area contributed by atoms with E-state index in [0.29, 0.717) is 17.0 Å². The Kier molecular flexibility index (Phi) is 7.89. The first kappa shape index (κ1) is 24.1. The zero-order valence-electron chi connectivity index (χ0n) is 18.5. The Morgan fingerprint density at radius 1 is 1.09 bits per heavy atom. The van der Waals surface area contributed by atoms with Gasteiger partial charge in [-0.1, -0.05) is 29.8 Å². The van der Waals surface area contributed by atoms with Gasteiger partial charge in [0.2, 0.25) is 0 Å². The maximum atomic E-state index is 12.6. The van der Waals surface area contributed by atoms with Crippen LogP contribution in [0.4, 0.5) is 10.5 Å². The summed E-state index contributed by atoms with van der Waals surface area (Å²) < 4.78 is 10.4. The van der Waals surface area contributed by atoms with Crippen LogP contribution in [0, 0.1) is 6.92 Å². The Labute approximate surface area is 195 Å². The van der Waals surface area contributed by atoms with E-state index in [1.807, 2.05) is 31.2 Å². The molecule has 0 saturated carbocycles. The molecule has 33 heavy (non-hydrogen) atoms. The van der Waals surface area contributed by atoms with Crippen LogP contribution in [-0.4, -0.2) is 47.2 Å². The van der Waals surface area contributed by atoms with Gasteiger partial charge in [-0.25, -0.2) is 4.79 Å². The molecule has 1 fully saturated rings. The molecule has 8 nitrogen and oxygen atoms in total. The summed E-state index contributed by atoms with van der Waals surface area (Å²) in [6, 6.07) is 13.2. The molecule has 0 radical (unpaired) electrons. The van der Waals surface area contributed by atoms with Gasteiger partial charge in [0.05, 0.1) is 11.5 Å². The van der Waals surface area contributed by atoms with E-state index in [0.717, 1.165) is 22.2 Å². The third-order valence-electron chi connectivity index (χ3n) is 4.72. The van der Waals surface area contributed by atoms with E-state index >= 15 is 0 Å². The van der Waals surface area contributed by atoms with Gasteiger partial charge < -0.3 is 14.8 Å². The highest BCUT2D eigenvalue weighted by Gasteiger charge is 2.41. The number of benzene rings is 2. The molecule has 2 aromatic rings. The Morgan fingerprint density at radius 3 is 2.39 bits per heavy atom. The van der Waals surface area contributed by atoms with Crippen molar-refractivity contribution in [3.05, 3.63) is 64.6 Å². The second kappa shape index (κ2) is 10.8. The second-order valence-electron chi connectivity index (χ2n) is 7.25. The highest BCUT2D eigenvalue weighted by atomic mass is 32.2. The van der Waals surface area contributed by atoms with Crippen LogP contribution in [0.25, 0.3) is 6.08 Å². The summed E-state index contributed by atoms with van der Waals surface area (Å²) in [6.45, 7) is 5.09. The summed E-state index contributed by atoms with van der Waals surface area (Å²) in [5, 5.41) is 2.23. The molecule has 1 aliphatic rings. The van der Waals surface area contributed by atoms with Gasteiger partial charge in [-0.3, -0.25) is 19.3 Å². The number of amides is 3. The molecule has 9 heteroatoms. The van der Waals surface area contributed by atoms with E-state index in [4.69, 9.17) is 9.47 Å². The van der Waals surface area contributed by atoms with Crippen LogP contribution < -0.4 is 10.1 Å². The van der Waals surface area contributed by atoms with Crippen molar-refractivity contribution in [1.29, 1.82) is 0 Å². The molecule has 172 valence electrons. The molecule has 0 bridgehead atoms. The third kappa shape index (κ3) is 6.23. The lowest BCUT2D eigenvalue weighted by Gasteiger charge is -2.19. The number of rotatable bonds is 8. The molecular formula is C24H24N2O6S. The van der Waals surface area contributed by atoms with E-state index in [1.54, 1.807) is 37.3 Å². The molecule has 3 amide bonds. The van der Waals surface area contributed by atoms with Gasteiger partial charge in [0.25, 0.3) is 17.1 Å². The largest absolute Gasteiger partial charge is 0.484 e. The predicted octanol–water partition coefficient (Wildman–Crippen LogP) is 4.00. The van der Waals surface area contributed by atoms with Gasteiger partial charge in [-0.05, 0) is 68.4 Å². The van der Waals surface area contributed by atoms with E-state index in [-0.39, 0.29) is 24.0 Å². The van der Waals surface area contributed by atoms with E-state index in [1.165, 1.54) is 6.92 Å². The van der Waals surface area contributed by atoms with Crippen molar-refractivity contribution in [3.8, 4) is 5.75 Å². The van der Waals surface area contributed by atoms with Crippen LogP contribution in [0.2, 0.25) is 0 Å². The summed E-state index contributed by atoms with van der Waals surface area (Å²) in [5.41, 5.74) is 2.46. The molecule has 0 aromatic heterocycles. The van der Waals surface area contributed by atoms with Gasteiger partial charge in [0.1, 0.15) is 11.8 Å². The number of carbonyl (C=O) groups excluding carboxylic acids is 4. The Morgan fingerprint density at radius 2 is 1.76 bits per heavy atom. The molecule has 1 N–H and O–H groups in total. The van der Waals surface area contributed by atoms with Gasteiger partial charge in [-0.2, -0.15) is 0 Å². The molecule has 0 spiro atoms. The van der Waals surface area contributed by atoms with Crippen LogP contribution in [-0.2, 0) is 19.1 Å². The average Bonchev–Trinajstić information content (AvgIpc) is 3.07. The van der Waals surface area contributed by atoms with Crippen molar-refractivity contribution in [2.45, 2.75) is 26.8 Å². The summed E-state index contributed by atoms with van der Waals surface area (Å²) in [6.07, 6.45) is 1.57. The molecule has 1 saturated heterocycles. The van der Waals surface area contributed by atoms with Crippen LogP contribution in [0.3, 0.4) is 0 Å². The van der Waals surface area contributed by atoms with Crippen molar-refractivity contribution < 1.29 is 28.7 Å². The maximum Gasteiger partial charge on any atom is 0.329 e. The number of carbonyl (C=O) groups is 4. The Hall–Kier alpha value is -3.59. The van der Waals surface area contributed by atoms with Gasteiger partial charge in [0.15, 0.2) is 6.61 Å². The standard InChI is InChI=1S/C24H24N2O6S/c1-4-31-23(29)16(3)26-22(28)20(33-24(26)30)13-17-7-11-19(12-8-17)32-14-21(27)25-18-9-5-15(2)6-10-18/h5-13,16H,4,14H2,1-3H3,(H,25,27)/b20-13-. The molecule has 1 atom stereocenters. The topological polar surface area (TPSA) is 102 Å². The number of hydrogen-bond donors (Lipinski definition) is 1. The van der Waals surface area contributed by atoms with Crippen LogP contribution in [0.15, 0.2) is 53.4 Å². The monoisotopic (exact) mass is 468 g/mol. The van der Waals surface area contributed by atoms with Gasteiger partial charge in [0, 0.05) is 5.69 Å². The van der Waals surface area contributed by atoms with Gasteiger partial charge >= 0.3 is 5.97 Å². The average molecular weight is 469 g/mol. The Bertz CT molecular complexity index is 1080. The normalized spacial score (nSPS) is 15.5. The first-order valence-electron chi connectivity index (χ1n) is 10.3. The fourth-order valence-corrected chi connectivity index (χ4v) is 3.88. The predicted molar refractivity (Wildman–Crippen MR) is 126 cm³/mol. The van der Waals surface area contributed by atoms with Crippen molar-refractivity contribution >= 4 is 46.5 Å². The minimum Gasteiger partial charge on any atom is -0.484 e. The number of nitrogens with one attached hydrogen (secondary N) is 1. The number of imide groups is 1. The van der Waals surface area contributed by atoms with Crippen molar-refractivity contribution in [2.24, 2.45) is 0 Å².